The minimum Gasteiger partial charge on any atom is -0.383 e. The zero-order valence-corrected chi connectivity index (χ0v) is 19.7. The smallest absolute Gasteiger partial charge is 0.330 e. The molecular formula is C23H41N5O3. The maximum Gasteiger partial charge on any atom is 0.330 e. The fourth-order valence-corrected chi connectivity index (χ4v) is 4.46. The van der Waals surface area contributed by atoms with Crippen molar-refractivity contribution in [3.63, 3.8) is 0 Å². The molecule has 1 amide bonds. The highest BCUT2D eigenvalue weighted by molar-refractivity contribution is 5.82. The number of carbonyl (C=O) groups excluding carboxylic acids is 1. The molecule has 0 aliphatic heterocycles. The largest absolute Gasteiger partial charge is 0.383 e. The number of unbranched alkanes of at least 4 members (excludes halogenated alkanes) is 3. The topological polar surface area (TPSA) is 113 Å². The highest BCUT2D eigenvalue weighted by Crippen LogP contribution is 2.29. The Hall–Kier alpha value is -2.25. The van der Waals surface area contributed by atoms with E-state index in [1.807, 2.05) is 6.92 Å². The van der Waals surface area contributed by atoms with E-state index in [1.54, 1.807) is 4.90 Å². The lowest BCUT2D eigenvalue weighted by Crippen LogP contribution is -2.49. The number of H-pyrrole nitrogens is 1. The van der Waals surface area contributed by atoms with Gasteiger partial charge in [0.15, 0.2) is 0 Å². The van der Waals surface area contributed by atoms with Crippen LogP contribution in [0.25, 0.3) is 0 Å². The standard InChI is InChI=1S/C23H41N5O3/c1-5-7-9-13-27(15-19(29)25-18-12-10-11-16(3)17(18)4)20-21(24)28(14-8-6-2)23(31)26-22(20)30/h16-18H,5-15,24H2,1-4H3,(H,25,29)(H,26,30,31)/t16-,17+,18-/m1/s1. The van der Waals surface area contributed by atoms with Crippen LogP contribution in [0.3, 0.4) is 0 Å². The molecule has 176 valence electrons. The van der Waals surface area contributed by atoms with Crippen LogP contribution in [-0.2, 0) is 11.3 Å². The molecule has 31 heavy (non-hydrogen) atoms. The molecule has 0 radical (unpaired) electrons. The second kappa shape index (κ2) is 12.0. The molecular weight excluding hydrogens is 394 g/mol. The predicted octanol–water partition coefficient (Wildman–Crippen LogP) is 2.86. The number of nitrogens with zero attached hydrogens (tertiary/aromatic N) is 2. The third kappa shape index (κ3) is 6.61. The number of nitrogen functional groups attached to an aromatic ring is 1. The molecule has 0 bridgehead atoms. The molecule has 4 N–H and O–H groups in total. The van der Waals surface area contributed by atoms with Gasteiger partial charge in [0.25, 0.3) is 5.56 Å². The van der Waals surface area contributed by atoms with E-state index in [9.17, 15) is 14.4 Å². The lowest BCUT2D eigenvalue weighted by Gasteiger charge is -2.35. The third-order valence-corrected chi connectivity index (χ3v) is 6.68. The number of nitrogens with one attached hydrogen (secondary N) is 2. The summed E-state index contributed by atoms with van der Waals surface area (Å²) >= 11 is 0. The molecule has 0 unspecified atom stereocenters. The van der Waals surface area contributed by atoms with E-state index in [0.717, 1.165) is 44.9 Å². The van der Waals surface area contributed by atoms with Gasteiger partial charge >= 0.3 is 5.69 Å². The van der Waals surface area contributed by atoms with Crippen LogP contribution in [0.1, 0.15) is 79.1 Å². The molecule has 1 aromatic rings. The number of rotatable bonds is 11. The van der Waals surface area contributed by atoms with Crippen molar-refractivity contribution >= 4 is 17.4 Å². The number of carbonyl (C=O) groups is 1. The fourth-order valence-electron chi connectivity index (χ4n) is 4.46. The minimum atomic E-state index is -0.529. The molecule has 2 rings (SSSR count). The average molecular weight is 436 g/mol. The van der Waals surface area contributed by atoms with Gasteiger partial charge < -0.3 is 16.0 Å². The van der Waals surface area contributed by atoms with E-state index in [0.29, 0.717) is 24.9 Å². The summed E-state index contributed by atoms with van der Waals surface area (Å²) in [5.74, 6) is 1.05. The normalized spacial score (nSPS) is 21.1. The predicted molar refractivity (Wildman–Crippen MR) is 126 cm³/mol. The number of hydrogen-bond acceptors (Lipinski definition) is 5. The summed E-state index contributed by atoms with van der Waals surface area (Å²) in [6.07, 6.45) is 7.84. The zero-order valence-electron chi connectivity index (χ0n) is 19.7. The summed E-state index contributed by atoms with van der Waals surface area (Å²) in [7, 11) is 0. The van der Waals surface area contributed by atoms with Crippen LogP contribution in [0.15, 0.2) is 9.59 Å². The summed E-state index contributed by atoms with van der Waals surface area (Å²) in [6.45, 7) is 9.60. The number of nitrogens with two attached hydrogens (primary N) is 1. The monoisotopic (exact) mass is 435 g/mol. The number of hydrogen-bond donors (Lipinski definition) is 3. The van der Waals surface area contributed by atoms with Gasteiger partial charge in [0.2, 0.25) is 5.91 Å². The molecule has 0 spiro atoms. The first-order chi connectivity index (χ1) is 14.8. The van der Waals surface area contributed by atoms with E-state index < -0.39 is 11.2 Å². The van der Waals surface area contributed by atoms with Crippen LogP contribution in [-0.4, -0.2) is 34.6 Å². The second-order valence-corrected chi connectivity index (χ2v) is 9.07. The third-order valence-electron chi connectivity index (χ3n) is 6.68. The Morgan fingerprint density at radius 3 is 2.55 bits per heavy atom. The Bertz CT molecular complexity index is 831. The van der Waals surface area contributed by atoms with Crippen molar-refractivity contribution in [2.45, 2.75) is 91.6 Å². The van der Waals surface area contributed by atoms with Crippen molar-refractivity contribution in [2.24, 2.45) is 11.8 Å². The summed E-state index contributed by atoms with van der Waals surface area (Å²) in [6, 6.07) is 0.155. The van der Waals surface area contributed by atoms with Crippen LogP contribution >= 0.6 is 0 Å². The van der Waals surface area contributed by atoms with Crippen molar-refractivity contribution in [1.29, 1.82) is 0 Å². The summed E-state index contributed by atoms with van der Waals surface area (Å²) in [4.78, 5) is 42.1. The van der Waals surface area contributed by atoms with Gasteiger partial charge in [0.1, 0.15) is 11.5 Å². The number of aromatic amines is 1. The maximum absolute atomic E-state index is 13.0. The molecule has 8 heteroatoms. The SMILES string of the molecule is CCCCCN(CC(=O)N[C@@H]1CCC[C@@H](C)[C@@H]1C)c1c(N)n(CCCC)c(=O)[nH]c1=O. The Morgan fingerprint density at radius 2 is 1.87 bits per heavy atom. The van der Waals surface area contributed by atoms with Gasteiger partial charge in [-0.2, -0.15) is 0 Å². The first-order valence-electron chi connectivity index (χ1n) is 12.0. The number of aromatic nitrogens is 2. The molecule has 1 saturated carbocycles. The highest BCUT2D eigenvalue weighted by Gasteiger charge is 2.29. The highest BCUT2D eigenvalue weighted by atomic mass is 16.2. The molecule has 1 fully saturated rings. The lowest BCUT2D eigenvalue weighted by molar-refractivity contribution is -0.121. The molecule has 0 aromatic carbocycles. The van der Waals surface area contributed by atoms with Gasteiger partial charge in [0, 0.05) is 19.1 Å². The molecule has 8 nitrogen and oxygen atoms in total. The molecule has 1 aromatic heterocycles. The number of anilines is 2. The van der Waals surface area contributed by atoms with Crippen LogP contribution in [0, 0.1) is 11.8 Å². The van der Waals surface area contributed by atoms with Gasteiger partial charge in [-0.25, -0.2) is 4.79 Å². The van der Waals surface area contributed by atoms with E-state index in [1.165, 1.54) is 11.0 Å². The van der Waals surface area contributed by atoms with Crippen LogP contribution in [0.2, 0.25) is 0 Å². The van der Waals surface area contributed by atoms with Gasteiger partial charge in [-0.3, -0.25) is 19.1 Å². The minimum absolute atomic E-state index is 0.0561. The summed E-state index contributed by atoms with van der Waals surface area (Å²) in [5, 5.41) is 3.19. The van der Waals surface area contributed by atoms with Crippen molar-refractivity contribution in [2.75, 3.05) is 23.7 Å². The van der Waals surface area contributed by atoms with Crippen LogP contribution in [0.5, 0.6) is 0 Å². The maximum atomic E-state index is 13.0. The van der Waals surface area contributed by atoms with Crippen LogP contribution < -0.4 is 27.2 Å². The fraction of sp³-hybridized carbons (Fsp3) is 0.783. The van der Waals surface area contributed by atoms with Crippen LogP contribution in [0.4, 0.5) is 11.5 Å². The van der Waals surface area contributed by atoms with Crippen molar-refractivity contribution < 1.29 is 4.79 Å². The lowest BCUT2D eigenvalue weighted by atomic mass is 9.78. The Labute approximate surface area is 185 Å². The average Bonchev–Trinajstić information content (AvgIpc) is 2.71. The van der Waals surface area contributed by atoms with Gasteiger partial charge in [-0.05, 0) is 31.1 Å². The summed E-state index contributed by atoms with van der Waals surface area (Å²) < 4.78 is 1.41. The Kier molecular flexibility index (Phi) is 9.65. The molecule has 1 aliphatic rings. The molecule has 1 aliphatic carbocycles. The Morgan fingerprint density at radius 1 is 1.16 bits per heavy atom. The van der Waals surface area contributed by atoms with Gasteiger partial charge in [-0.1, -0.05) is 59.8 Å². The van der Waals surface area contributed by atoms with Gasteiger partial charge in [0.05, 0.1) is 6.54 Å². The van der Waals surface area contributed by atoms with Crippen molar-refractivity contribution in [3.05, 3.63) is 20.8 Å². The Balaban J connectivity index is 2.26. The van der Waals surface area contributed by atoms with Gasteiger partial charge in [-0.15, -0.1) is 0 Å². The van der Waals surface area contributed by atoms with E-state index >= 15 is 0 Å². The first-order valence-corrected chi connectivity index (χ1v) is 12.0. The summed E-state index contributed by atoms with van der Waals surface area (Å²) in [5.41, 5.74) is 5.50. The van der Waals surface area contributed by atoms with E-state index in [4.69, 9.17) is 5.73 Å². The molecule has 3 atom stereocenters. The molecule has 0 saturated heterocycles. The van der Waals surface area contributed by atoms with E-state index in [-0.39, 0.29) is 30.0 Å². The molecule has 1 heterocycles. The number of amides is 1. The first kappa shape index (κ1) is 25.0. The van der Waals surface area contributed by atoms with Crippen molar-refractivity contribution in [3.8, 4) is 0 Å². The second-order valence-electron chi connectivity index (χ2n) is 9.07. The quantitative estimate of drug-likeness (QED) is 0.463. The zero-order chi connectivity index (χ0) is 23.0. The van der Waals surface area contributed by atoms with Crippen molar-refractivity contribution in [1.82, 2.24) is 14.9 Å². The van der Waals surface area contributed by atoms with E-state index in [2.05, 4.69) is 31.1 Å².